The Morgan fingerprint density at radius 2 is 2.14 bits per heavy atom. The van der Waals surface area contributed by atoms with Gasteiger partial charge in [-0.15, -0.1) is 5.10 Å². The average molecular weight is 281 g/mol. The summed E-state index contributed by atoms with van der Waals surface area (Å²) in [6.07, 6.45) is 3.35. The molecule has 0 saturated heterocycles. The largest absolute Gasteiger partial charge is 0.478 e. The molecule has 0 aliphatic heterocycles. The number of hydrogen-bond donors (Lipinski definition) is 1. The van der Waals surface area contributed by atoms with Crippen LogP contribution in [0.1, 0.15) is 15.9 Å². The minimum atomic E-state index is -0.957. The zero-order chi connectivity index (χ0) is 14.7. The van der Waals surface area contributed by atoms with Crippen LogP contribution in [0.3, 0.4) is 0 Å². The van der Waals surface area contributed by atoms with Crippen molar-refractivity contribution in [3.63, 3.8) is 0 Å². The van der Waals surface area contributed by atoms with Crippen LogP contribution in [0.25, 0.3) is 11.4 Å². The van der Waals surface area contributed by atoms with Crippen LogP contribution in [0.4, 0.5) is 0 Å². The summed E-state index contributed by atoms with van der Waals surface area (Å²) in [4.78, 5) is 15.0. The van der Waals surface area contributed by atoms with Gasteiger partial charge in [0.15, 0.2) is 5.82 Å². The molecule has 0 unspecified atom stereocenters. The van der Waals surface area contributed by atoms with Gasteiger partial charge in [0.25, 0.3) is 0 Å². The Morgan fingerprint density at radius 1 is 1.24 bits per heavy atom. The molecule has 0 atom stereocenters. The second-order valence-corrected chi connectivity index (χ2v) is 4.41. The van der Waals surface area contributed by atoms with E-state index >= 15 is 0 Å². The fourth-order valence-corrected chi connectivity index (χ4v) is 1.99. The van der Waals surface area contributed by atoms with E-state index in [2.05, 4.69) is 20.5 Å². The molecule has 104 valence electrons. The molecular weight excluding hydrogens is 270 g/mol. The molecule has 0 amide bonds. The molecule has 0 aliphatic rings. The summed E-state index contributed by atoms with van der Waals surface area (Å²) >= 11 is 0. The maximum absolute atomic E-state index is 11.0. The number of aromatic carboxylic acids is 1. The Morgan fingerprint density at radius 3 is 2.90 bits per heavy atom. The third-order valence-electron chi connectivity index (χ3n) is 2.96. The van der Waals surface area contributed by atoms with E-state index in [9.17, 15) is 4.79 Å². The molecule has 7 heteroatoms. The van der Waals surface area contributed by atoms with Crippen LogP contribution in [0.2, 0.25) is 0 Å². The first-order chi connectivity index (χ1) is 10.2. The summed E-state index contributed by atoms with van der Waals surface area (Å²) in [5.74, 6) is -0.370. The Bertz CT molecular complexity index is 770. The quantitative estimate of drug-likeness (QED) is 0.778. The topological polar surface area (TPSA) is 93.8 Å². The number of benzene rings is 1. The number of carbonyl (C=O) groups is 1. The highest BCUT2D eigenvalue weighted by molar-refractivity contribution is 5.87. The number of hydrogen-bond acceptors (Lipinski definition) is 5. The first-order valence-electron chi connectivity index (χ1n) is 6.23. The predicted octanol–water partition coefficient (Wildman–Crippen LogP) is 1.48. The number of tetrazole rings is 1. The fraction of sp³-hybridized carbons (Fsp3) is 0.0714. The van der Waals surface area contributed by atoms with Crippen molar-refractivity contribution in [2.24, 2.45) is 0 Å². The van der Waals surface area contributed by atoms with Gasteiger partial charge in [-0.2, -0.15) is 0 Å². The summed E-state index contributed by atoms with van der Waals surface area (Å²) in [6, 6.07) is 10.4. The normalized spacial score (nSPS) is 10.5. The maximum atomic E-state index is 11.0. The number of aromatic nitrogens is 5. The number of carboxylic acids is 1. The van der Waals surface area contributed by atoms with Crippen molar-refractivity contribution >= 4 is 5.97 Å². The lowest BCUT2D eigenvalue weighted by atomic mass is 10.1. The van der Waals surface area contributed by atoms with Gasteiger partial charge in [-0.1, -0.05) is 12.1 Å². The van der Waals surface area contributed by atoms with Crippen LogP contribution in [-0.4, -0.2) is 36.3 Å². The van der Waals surface area contributed by atoms with Gasteiger partial charge < -0.3 is 5.11 Å². The summed E-state index contributed by atoms with van der Waals surface area (Å²) in [7, 11) is 0. The van der Waals surface area contributed by atoms with E-state index in [1.54, 1.807) is 41.3 Å². The monoisotopic (exact) mass is 281 g/mol. The Labute approximate surface area is 119 Å². The zero-order valence-corrected chi connectivity index (χ0v) is 10.9. The molecule has 0 bridgehead atoms. The van der Waals surface area contributed by atoms with Gasteiger partial charge in [0, 0.05) is 18.0 Å². The van der Waals surface area contributed by atoms with E-state index in [4.69, 9.17) is 5.11 Å². The number of carboxylic acid groups (broad SMARTS) is 1. The average Bonchev–Trinajstić information content (AvgIpc) is 2.96. The maximum Gasteiger partial charge on any atom is 0.335 e. The van der Waals surface area contributed by atoms with E-state index in [0.29, 0.717) is 12.4 Å². The number of nitrogens with zero attached hydrogens (tertiary/aromatic N) is 5. The van der Waals surface area contributed by atoms with Crippen LogP contribution in [0.15, 0.2) is 48.8 Å². The summed E-state index contributed by atoms with van der Waals surface area (Å²) in [6.45, 7) is 0.387. The van der Waals surface area contributed by atoms with Gasteiger partial charge >= 0.3 is 5.97 Å². The SMILES string of the molecule is O=C(O)c1cccc(Cn2nnnc2-c2cccnc2)c1. The van der Waals surface area contributed by atoms with Crippen LogP contribution in [-0.2, 0) is 6.54 Å². The predicted molar refractivity (Wildman–Crippen MR) is 73.6 cm³/mol. The molecule has 3 aromatic rings. The second kappa shape index (κ2) is 5.49. The van der Waals surface area contributed by atoms with Gasteiger partial charge in [-0.25, -0.2) is 9.48 Å². The van der Waals surface area contributed by atoms with E-state index in [0.717, 1.165) is 11.1 Å². The lowest BCUT2D eigenvalue weighted by Gasteiger charge is -2.05. The minimum Gasteiger partial charge on any atom is -0.478 e. The highest BCUT2D eigenvalue weighted by atomic mass is 16.4. The smallest absolute Gasteiger partial charge is 0.335 e. The van der Waals surface area contributed by atoms with Crippen molar-refractivity contribution in [3.05, 3.63) is 59.9 Å². The van der Waals surface area contributed by atoms with E-state index in [-0.39, 0.29) is 5.56 Å². The van der Waals surface area contributed by atoms with Crippen LogP contribution < -0.4 is 0 Å². The van der Waals surface area contributed by atoms with Gasteiger partial charge in [0.1, 0.15) is 0 Å². The van der Waals surface area contributed by atoms with Crippen molar-refractivity contribution in [3.8, 4) is 11.4 Å². The molecule has 7 nitrogen and oxygen atoms in total. The Balaban J connectivity index is 1.92. The van der Waals surface area contributed by atoms with Gasteiger partial charge in [-0.3, -0.25) is 4.98 Å². The molecule has 2 aromatic heterocycles. The van der Waals surface area contributed by atoms with Gasteiger partial charge in [-0.05, 0) is 40.3 Å². The molecule has 0 fully saturated rings. The highest BCUT2D eigenvalue weighted by Crippen LogP contribution is 2.15. The highest BCUT2D eigenvalue weighted by Gasteiger charge is 2.10. The molecule has 3 rings (SSSR count). The van der Waals surface area contributed by atoms with Crippen LogP contribution in [0.5, 0.6) is 0 Å². The molecular formula is C14H11N5O2. The van der Waals surface area contributed by atoms with Crippen molar-refractivity contribution in [2.45, 2.75) is 6.54 Å². The van der Waals surface area contributed by atoms with E-state index in [1.807, 2.05) is 12.1 Å². The minimum absolute atomic E-state index is 0.239. The molecule has 21 heavy (non-hydrogen) atoms. The first-order valence-corrected chi connectivity index (χ1v) is 6.23. The van der Waals surface area contributed by atoms with Crippen molar-refractivity contribution < 1.29 is 9.90 Å². The van der Waals surface area contributed by atoms with E-state index in [1.165, 1.54) is 0 Å². The molecule has 0 spiro atoms. The summed E-state index contributed by atoms with van der Waals surface area (Å²) < 4.78 is 1.61. The first kappa shape index (κ1) is 12.9. The van der Waals surface area contributed by atoms with Gasteiger partial charge in [0.05, 0.1) is 12.1 Å². The molecule has 0 radical (unpaired) electrons. The lowest BCUT2D eigenvalue weighted by molar-refractivity contribution is 0.0696. The zero-order valence-electron chi connectivity index (χ0n) is 10.9. The third kappa shape index (κ3) is 2.76. The summed E-state index contributed by atoms with van der Waals surface area (Å²) in [5.41, 5.74) is 1.85. The van der Waals surface area contributed by atoms with Crippen LogP contribution in [0, 0.1) is 0 Å². The summed E-state index contributed by atoms with van der Waals surface area (Å²) in [5, 5.41) is 20.6. The Kier molecular flexibility index (Phi) is 3.38. The van der Waals surface area contributed by atoms with Gasteiger partial charge in [0.2, 0.25) is 0 Å². The number of pyridine rings is 1. The fourth-order valence-electron chi connectivity index (χ4n) is 1.99. The molecule has 2 heterocycles. The number of rotatable bonds is 4. The lowest BCUT2D eigenvalue weighted by Crippen LogP contribution is -2.06. The molecule has 1 aromatic carbocycles. The third-order valence-corrected chi connectivity index (χ3v) is 2.96. The molecule has 1 N–H and O–H groups in total. The van der Waals surface area contributed by atoms with E-state index < -0.39 is 5.97 Å². The van der Waals surface area contributed by atoms with Crippen LogP contribution >= 0.6 is 0 Å². The second-order valence-electron chi connectivity index (χ2n) is 4.41. The molecule has 0 saturated carbocycles. The Hall–Kier alpha value is -3.09. The molecule has 0 aliphatic carbocycles. The van der Waals surface area contributed by atoms with Crippen molar-refractivity contribution in [2.75, 3.05) is 0 Å². The van der Waals surface area contributed by atoms with Crippen molar-refractivity contribution in [1.82, 2.24) is 25.2 Å². The standard InChI is InChI=1S/C14H11N5O2/c20-14(21)11-4-1-3-10(7-11)9-19-13(16-17-18-19)12-5-2-6-15-8-12/h1-8H,9H2,(H,20,21). The van der Waals surface area contributed by atoms with Crippen molar-refractivity contribution in [1.29, 1.82) is 0 Å².